The fourth-order valence-corrected chi connectivity index (χ4v) is 3.60. The minimum atomic E-state index is -0.826. The molecule has 0 aromatic heterocycles. The maximum atomic E-state index is 13.3. The number of benzene rings is 2. The van der Waals surface area contributed by atoms with E-state index >= 15 is 0 Å². The molecule has 0 unspecified atom stereocenters. The van der Waals surface area contributed by atoms with E-state index < -0.39 is 18.1 Å². The second-order valence-corrected chi connectivity index (χ2v) is 7.24. The molecule has 0 bridgehead atoms. The van der Waals surface area contributed by atoms with Crippen molar-refractivity contribution in [1.82, 2.24) is 9.80 Å². The Morgan fingerprint density at radius 2 is 1.70 bits per heavy atom. The molecule has 1 aliphatic heterocycles. The van der Waals surface area contributed by atoms with Crippen LogP contribution in [0.4, 0.5) is 0 Å². The van der Waals surface area contributed by atoms with Gasteiger partial charge in [-0.3, -0.25) is 9.59 Å². The van der Waals surface area contributed by atoms with Crippen LogP contribution in [0.2, 0.25) is 0 Å². The summed E-state index contributed by atoms with van der Waals surface area (Å²) in [4.78, 5) is 41.3. The van der Waals surface area contributed by atoms with E-state index in [9.17, 15) is 14.4 Å². The zero-order chi connectivity index (χ0) is 21.7. The first-order chi connectivity index (χ1) is 14.4. The summed E-state index contributed by atoms with van der Waals surface area (Å²) < 4.78 is 9.96. The highest BCUT2D eigenvalue weighted by Crippen LogP contribution is 2.23. The Balaban J connectivity index is 1.89. The fraction of sp³-hybridized carbons (Fsp3) is 0.348. The molecule has 0 saturated carbocycles. The van der Waals surface area contributed by atoms with Gasteiger partial charge in [0.1, 0.15) is 24.4 Å². The number of methoxy groups -OCH3 is 2. The van der Waals surface area contributed by atoms with E-state index in [1.54, 1.807) is 18.9 Å². The summed E-state index contributed by atoms with van der Waals surface area (Å²) in [6.45, 7) is 1.72. The number of piperazine rings is 1. The molecule has 0 radical (unpaired) electrons. The minimum absolute atomic E-state index is 0.156. The monoisotopic (exact) mass is 410 g/mol. The first-order valence-corrected chi connectivity index (χ1v) is 9.79. The van der Waals surface area contributed by atoms with Crippen molar-refractivity contribution in [3.63, 3.8) is 0 Å². The molecule has 2 amide bonds. The molecule has 158 valence electrons. The van der Waals surface area contributed by atoms with Gasteiger partial charge in [0.05, 0.1) is 14.2 Å². The zero-order valence-electron chi connectivity index (χ0n) is 17.4. The van der Waals surface area contributed by atoms with Gasteiger partial charge in [0.25, 0.3) is 0 Å². The lowest BCUT2D eigenvalue weighted by molar-refractivity contribution is -0.164. The van der Waals surface area contributed by atoms with Crippen LogP contribution in [0.25, 0.3) is 0 Å². The molecule has 2 atom stereocenters. The number of hydrogen-bond donors (Lipinski definition) is 0. The van der Waals surface area contributed by atoms with Crippen molar-refractivity contribution in [3.8, 4) is 5.75 Å². The van der Waals surface area contributed by atoms with Crippen LogP contribution >= 0.6 is 0 Å². The Hall–Kier alpha value is -3.35. The maximum Gasteiger partial charge on any atom is 0.328 e. The molecule has 0 aliphatic carbocycles. The number of amides is 2. The molecule has 1 saturated heterocycles. The van der Waals surface area contributed by atoms with Gasteiger partial charge in [0.15, 0.2) is 0 Å². The molecular weight excluding hydrogens is 384 g/mol. The van der Waals surface area contributed by atoms with Crippen molar-refractivity contribution in [2.45, 2.75) is 32.0 Å². The molecular formula is C23H26N2O5. The predicted molar refractivity (Wildman–Crippen MR) is 111 cm³/mol. The number of ether oxygens (including phenoxy) is 2. The Bertz CT molecular complexity index is 898. The first-order valence-electron chi connectivity index (χ1n) is 9.79. The van der Waals surface area contributed by atoms with Gasteiger partial charge in [0.2, 0.25) is 11.8 Å². The zero-order valence-corrected chi connectivity index (χ0v) is 17.4. The van der Waals surface area contributed by atoms with Crippen molar-refractivity contribution in [3.05, 3.63) is 65.7 Å². The fourth-order valence-electron chi connectivity index (χ4n) is 3.60. The average molecular weight is 410 g/mol. The molecule has 0 spiro atoms. The largest absolute Gasteiger partial charge is 0.497 e. The van der Waals surface area contributed by atoms with Crippen LogP contribution in [-0.2, 0) is 32.1 Å². The highest BCUT2D eigenvalue weighted by atomic mass is 16.5. The van der Waals surface area contributed by atoms with E-state index in [1.165, 1.54) is 12.0 Å². The van der Waals surface area contributed by atoms with Gasteiger partial charge < -0.3 is 19.3 Å². The third-order valence-electron chi connectivity index (χ3n) is 5.36. The Morgan fingerprint density at radius 3 is 2.30 bits per heavy atom. The quantitative estimate of drug-likeness (QED) is 0.653. The van der Waals surface area contributed by atoms with E-state index in [1.807, 2.05) is 54.6 Å². The SMILES string of the molecule is COC(=O)[C@H](C)N1CC(=O)N(Cc2ccc(OC)cc2)[C@@H](Cc2ccccc2)C1=O. The van der Waals surface area contributed by atoms with E-state index in [4.69, 9.17) is 9.47 Å². The molecule has 1 aliphatic rings. The molecule has 1 fully saturated rings. The van der Waals surface area contributed by atoms with Crippen LogP contribution in [0.3, 0.4) is 0 Å². The van der Waals surface area contributed by atoms with Gasteiger partial charge in [0, 0.05) is 13.0 Å². The number of carbonyl (C=O) groups is 3. The van der Waals surface area contributed by atoms with Crippen LogP contribution in [-0.4, -0.2) is 60.4 Å². The normalized spacial score (nSPS) is 17.6. The third-order valence-corrected chi connectivity index (χ3v) is 5.36. The van der Waals surface area contributed by atoms with Crippen LogP contribution in [0, 0.1) is 0 Å². The average Bonchev–Trinajstić information content (AvgIpc) is 2.78. The molecule has 7 heteroatoms. The van der Waals surface area contributed by atoms with Crippen molar-refractivity contribution in [2.75, 3.05) is 20.8 Å². The van der Waals surface area contributed by atoms with E-state index in [2.05, 4.69) is 0 Å². The summed E-state index contributed by atoms with van der Waals surface area (Å²) in [7, 11) is 2.86. The highest BCUT2D eigenvalue weighted by Gasteiger charge is 2.42. The molecule has 2 aromatic rings. The summed E-state index contributed by atoms with van der Waals surface area (Å²) in [5.74, 6) is -0.288. The van der Waals surface area contributed by atoms with Crippen molar-refractivity contribution < 1.29 is 23.9 Å². The van der Waals surface area contributed by atoms with Gasteiger partial charge in [-0.2, -0.15) is 0 Å². The number of hydrogen-bond acceptors (Lipinski definition) is 5. The van der Waals surface area contributed by atoms with E-state index in [0.717, 1.165) is 16.9 Å². The molecule has 30 heavy (non-hydrogen) atoms. The van der Waals surface area contributed by atoms with Crippen molar-refractivity contribution in [2.24, 2.45) is 0 Å². The lowest BCUT2D eigenvalue weighted by Gasteiger charge is -2.42. The maximum absolute atomic E-state index is 13.3. The Kier molecular flexibility index (Phi) is 6.72. The highest BCUT2D eigenvalue weighted by molar-refractivity contribution is 5.97. The standard InChI is InChI=1S/C23H26N2O5/c1-16(23(28)30-3)24-15-21(26)25(14-18-9-11-19(29-2)12-10-18)20(22(24)27)13-17-7-5-4-6-8-17/h4-12,16,20H,13-15H2,1-3H3/t16-,20-/m0/s1. The first kappa shape index (κ1) is 21.4. The van der Waals surface area contributed by atoms with Crippen LogP contribution < -0.4 is 4.74 Å². The summed E-state index contributed by atoms with van der Waals surface area (Å²) in [5, 5.41) is 0. The smallest absolute Gasteiger partial charge is 0.328 e. The molecule has 0 N–H and O–H groups in total. The van der Waals surface area contributed by atoms with Crippen LogP contribution in [0.5, 0.6) is 5.75 Å². The predicted octanol–water partition coefficient (Wildman–Crippen LogP) is 2.04. The molecule has 7 nitrogen and oxygen atoms in total. The Morgan fingerprint density at radius 1 is 1.03 bits per heavy atom. The lowest BCUT2D eigenvalue weighted by atomic mass is 9.99. The number of nitrogens with zero attached hydrogens (tertiary/aromatic N) is 2. The van der Waals surface area contributed by atoms with E-state index in [0.29, 0.717) is 13.0 Å². The second-order valence-electron chi connectivity index (χ2n) is 7.24. The van der Waals surface area contributed by atoms with Gasteiger partial charge in [-0.1, -0.05) is 42.5 Å². The van der Waals surface area contributed by atoms with Gasteiger partial charge in [-0.15, -0.1) is 0 Å². The lowest BCUT2D eigenvalue weighted by Crippen LogP contribution is -2.63. The summed E-state index contributed by atoms with van der Waals surface area (Å²) in [5.41, 5.74) is 1.83. The number of carbonyl (C=O) groups excluding carboxylic acids is 3. The van der Waals surface area contributed by atoms with Crippen molar-refractivity contribution in [1.29, 1.82) is 0 Å². The van der Waals surface area contributed by atoms with Crippen LogP contribution in [0.1, 0.15) is 18.1 Å². The summed E-state index contributed by atoms with van der Waals surface area (Å²) in [6, 6.07) is 15.4. The summed E-state index contributed by atoms with van der Waals surface area (Å²) in [6.07, 6.45) is 0.367. The molecule has 3 rings (SSSR count). The molecule has 1 heterocycles. The minimum Gasteiger partial charge on any atom is -0.497 e. The summed E-state index contributed by atoms with van der Waals surface area (Å²) >= 11 is 0. The third kappa shape index (κ3) is 4.62. The van der Waals surface area contributed by atoms with E-state index in [-0.39, 0.29) is 18.4 Å². The van der Waals surface area contributed by atoms with Gasteiger partial charge in [-0.05, 0) is 30.2 Å². The van der Waals surface area contributed by atoms with Gasteiger partial charge >= 0.3 is 5.97 Å². The molecule has 2 aromatic carbocycles. The van der Waals surface area contributed by atoms with Gasteiger partial charge in [-0.25, -0.2) is 4.79 Å². The van der Waals surface area contributed by atoms with Crippen LogP contribution in [0.15, 0.2) is 54.6 Å². The second kappa shape index (κ2) is 9.43. The Labute approximate surface area is 176 Å². The van der Waals surface area contributed by atoms with Crippen molar-refractivity contribution >= 4 is 17.8 Å². The number of esters is 1. The number of rotatable bonds is 7. The topological polar surface area (TPSA) is 76.2 Å².